The summed E-state index contributed by atoms with van der Waals surface area (Å²) in [7, 11) is 0. The van der Waals surface area contributed by atoms with Crippen LogP contribution in [0.1, 0.15) is 5.69 Å². The van der Waals surface area contributed by atoms with Crippen molar-refractivity contribution in [3.63, 3.8) is 0 Å². The molecule has 0 aliphatic carbocycles. The number of benzene rings is 1. The summed E-state index contributed by atoms with van der Waals surface area (Å²) < 4.78 is 39.6. The van der Waals surface area contributed by atoms with E-state index in [-0.39, 0.29) is 5.75 Å². The van der Waals surface area contributed by atoms with Crippen LogP contribution in [0.4, 0.5) is 13.2 Å². The lowest BCUT2D eigenvalue weighted by Crippen LogP contribution is -2.16. The second kappa shape index (κ2) is 4.12. The summed E-state index contributed by atoms with van der Waals surface area (Å²) in [5.41, 5.74) is 2.49. The number of aromatic amines is 1. The van der Waals surface area contributed by atoms with Crippen LogP contribution in [-0.4, -0.2) is 16.6 Å². The molecule has 0 spiro atoms. The molecule has 0 radical (unpaired) electrons. The van der Waals surface area contributed by atoms with E-state index in [0.29, 0.717) is 0 Å². The van der Waals surface area contributed by atoms with Gasteiger partial charge in [-0.1, -0.05) is 12.1 Å². The first-order chi connectivity index (χ1) is 7.96. The third-order valence-electron chi connectivity index (χ3n) is 2.23. The molecule has 0 amide bonds. The number of ether oxygens (including phenoxy) is 1. The molecule has 0 saturated heterocycles. The fourth-order valence-electron chi connectivity index (χ4n) is 1.48. The number of nitrogens with zero attached hydrogens (tertiary/aromatic N) is 1. The van der Waals surface area contributed by atoms with E-state index in [1.807, 2.05) is 6.92 Å². The molecule has 1 N–H and O–H groups in total. The maximum atomic E-state index is 11.9. The van der Waals surface area contributed by atoms with Crippen molar-refractivity contribution in [3.05, 3.63) is 36.2 Å². The lowest BCUT2D eigenvalue weighted by molar-refractivity contribution is -0.274. The topological polar surface area (TPSA) is 37.9 Å². The Hall–Kier alpha value is -1.98. The van der Waals surface area contributed by atoms with Crippen molar-refractivity contribution >= 4 is 0 Å². The van der Waals surface area contributed by atoms with Crippen LogP contribution in [0, 0.1) is 6.92 Å². The van der Waals surface area contributed by atoms with Gasteiger partial charge in [0.1, 0.15) is 5.75 Å². The molecule has 0 bridgehead atoms. The number of halogens is 3. The first-order valence-corrected chi connectivity index (χ1v) is 4.82. The van der Waals surface area contributed by atoms with Crippen molar-refractivity contribution in [2.75, 3.05) is 0 Å². The summed E-state index contributed by atoms with van der Waals surface area (Å²) in [6.45, 7) is 1.84. The fourth-order valence-corrected chi connectivity index (χ4v) is 1.48. The van der Waals surface area contributed by atoms with Gasteiger partial charge in [-0.15, -0.1) is 13.2 Å². The van der Waals surface area contributed by atoms with Crippen LogP contribution in [0.5, 0.6) is 5.75 Å². The van der Waals surface area contributed by atoms with Crippen LogP contribution in [0.25, 0.3) is 11.1 Å². The van der Waals surface area contributed by atoms with E-state index in [1.54, 1.807) is 18.3 Å². The molecule has 90 valence electrons. The molecule has 0 aliphatic heterocycles. The number of aryl methyl sites for hydroxylation is 1. The second-order valence-corrected chi connectivity index (χ2v) is 3.48. The molecule has 0 atom stereocenters. The molecule has 17 heavy (non-hydrogen) atoms. The van der Waals surface area contributed by atoms with Crippen molar-refractivity contribution in [2.45, 2.75) is 13.3 Å². The van der Waals surface area contributed by atoms with Crippen LogP contribution in [0.2, 0.25) is 0 Å². The highest BCUT2D eigenvalue weighted by atomic mass is 19.4. The van der Waals surface area contributed by atoms with Gasteiger partial charge in [-0.3, -0.25) is 5.10 Å². The second-order valence-electron chi connectivity index (χ2n) is 3.48. The van der Waals surface area contributed by atoms with Crippen molar-refractivity contribution < 1.29 is 17.9 Å². The number of aromatic nitrogens is 2. The molecule has 6 heteroatoms. The average molecular weight is 242 g/mol. The highest BCUT2D eigenvalue weighted by molar-refractivity contribution is 5.65. The van der Waals surface area contributed by atoms with E-state index in [9.17, 15) is 13.2 Å². The number of rotatable bonds is 2. The van der Waals surface area contributed by atoms with Crippen LogP contribution >= 0.6 is 0 Å². The lowest BCUT2D eigenvalue weighted by atomic mass is 10.1. The van der Waals surface area contributed by atoms with Crippen LogP contribution in [0.3, 0.4) is 0 Å². The normalized spacial score (nSPS) is 11.5. The van der Waals surface area contributed by atoms with Gasteiger partial charge in [0, 0.05) is 11.3 Å². The van der Waals surface area contributed by atoms with Gasteiger partial charge in [-0.25, -0.2) is 0 Å². The molecule has 2 aromatic rings. The molecule has 0 fully saturated rings. The Bertz CT molecular complexity index is 502. The van der Waals surface area contributed by atoms with Gasteiger partial charge in [0.2, 0.25) is 0 Å². The zero-order valence-corrected chi connectivity index (χ0v) is 8.88. The lowest BCUT2D eigenvalue weighted by Gasteiger charge is -2.09. The first-order valence-electron chi connectivity index (χ1n) is 4.82. The summed E-state index contributed by atoms with van der Waals surface area (Å²) in [6, 6.07) is 5.66. The summed E-state index contributed by atoms with van der Waals surface area (Å²) in [5.74, 6) is -0.234. The molecular weight excluding hydrogens is 233 g/mol. The third kappa shape index (κ3) is 2.77. The largest absolute Gasteiger partial charge is 0.573 e. The monoisotopic (exact) mass is 242 g/mol. The smallest absolute Gasteiger partial charge is 0.406 e. The van der Waals surface area contributed by atoms with Crippen LogP contribution in [-0.2, 0) is 0 Å². The van der Waals surface area contributed by atoms with E-state index in [1.165, 1.54) is 12.1 Å². The average Bonchev–Trinajstić information content (AvgIpc) is 2.63. The quantitative estimate of drug-likeness (QED) is 0.877. The highest BCUT2D eigenvalue weighted by Gasteiger charge is 2.30. The minimum atomic E-state index is -4.66. The highest BCUT2D eigenvalue weighted by Crippen LogP contribution is 2.27. The Morgan fingerprint density at radius 3 is 2.29 bits per heavy atom. The maximum absolute atomic E-state index is 11.9. The number of hydrogen-bond donors (Lipinski definition) is 1. The summed E-state index contributed by atoms with van der Waals surface area (Å²) in [6.07, 6.45) is -3.04. The Labute approximate surface area is 95.2 Å². The predicted molar refractivity (Wildman–Crippen MR) is 55.4 cm³/mol. The molecule has 0 aliphatic rings. The SMILES string of the molecule is Cc1[nH]ncc1-c1ccc(OC(F)(F)F)cc1. The first kappa shape index (κ1) is 11.5. The number of H-pyrrole nitrogens is 1. The fraction of sp³-hybridized carbons (Fsp3) is 0.182. The van der Waals surface area contributed by atoms with Crippen molar-refractivity contribution in [2.24, 2.45) is 0 Å². The molecule has 1 heterocycles. The molecule has 1 aromatic heterocycles. The van der Waals surface area contributed by atoms with Gasteiger partial charge >= 0.3 is 6.36 Å². The maximum Gasteiger partial charge on any atom is 0.573 e. The molecule has 1 aromatic carbocycles. The Balaban J connectivity index is 2.22. The number of alkyl halides is 3. The van der Waals surface area contributed by atoms with Gasteiger partial charge in [0.05, 0.1) is 6.20 Å². The predicted octanol–water partition coefficient (Wildman–Crippen LogP) is 3.28. The standard InChI is InChI=1S/C11H9F3N2O/c1-7-10(6-15-16-7)8-2-4-9(5-3-8)17-11(12,13)14/h2-6H,1H3,(H,15,16). The van der Waals surface area contributed by atoms with Gasteiger partial charge < -0.3 is 4.74 Å². The molecule has 0 saturated carbocycles. The Morgan fingerprint density at radius 1 is 1.18 bits per heavy atom. The zero-order valence-electron chi connectivity index (χ0n) is 8.88. The van der Waals surface area contributed by atoms with E-state index in [4.69, 9.17) is 0 Å². The minimum absolute atomic E-state index is 0.234. The number of nitrogens with one attached hydrogen (secondary N) is 1. The minimum Gasteiger partial charge on any atom is -0.406 e. The molecule has 0 unspecified atom stereocenters. The molecule has 2 rings (SSSR count). The summed E-state index contributed by atoms with van der Waals surface area (Å²) in [4.78, 5) is 0. The van der Waals surface area contributed by atoms with Crippen molar-refractivity contribution in [3.8, 4) is 16.9 Å². The van der Waals surface area contributed by atoms with Crippen molar-refractivity contribution in [1.82, 2.24) is 10.2 Å². The summed E-state index contributed by atoms with van der Waals surface area (Å²) in [5, 5.41) is 6.60. The Kier molecular flexibility index (Phi) is 2.79. The van der Waals surface area contributed by atoms with Gasteiger partial charge in [0.25, 0.3) is 0 Å². The summed E-state index contributed by atoms with van der Waals surface area (Å²) >= 11 is 0. The van der Waals surface area contributed by atoms with E-state index in [2.05, 4.69) is 14.9 Å². The number of hydrogen-bond acceptors (Lipinski definition) is 2. The molecule has 3 nitrogen and oxygen atoms in total. The zero-order chi connectivity index (χ0) is 12.5. The van der Waals surface area contributed by atoms with Crippen molar-refractivity contribution in [1.29, 1.82) is 0 Å². The Morgan fingerprint density at radius 2 is 1.82 bits per heavy atom. The van der Waals surface area contributed by atoms with E-state index >= 15 is 0 Å². The third-order valence-corrected chi connectivity index (χ3v) is 2.23. The molecular formula is C11H9F3N2O. The van der Waals surface area contributed by atoms with E-state index in [0.717, 1.165) is 16.8 Å². The van der Waals surface area contributed by atoms with Crippen LogP contribution in [0.15, 0.2) is 30.5 Å². The van der Waals surface area contributed by atoms with Gasteiger partial charge in [-0.05, 0) is 24.6 Å². The van der Waals surface area contributed by atoms with Gasteiger partial charge in [0.15, 0.2) is 0 Å². The van der Waals surface area contributed by atoms with Gasteiger partial charge in [-0.2, -0.15) is 5.10 Å². The van der Waals surface area contributed by atoms with Crippen LogP contribution < -0.4 is 4.74 Å². The van der Waals surface area contributed by atoms with E-state index < -0.39 is 6.36 Å².